The molecule has 0 saturated heterocycles. The van der Waals surface area contributed by atoms with Gasteiger partial charge >= 0.3 is 0 Å². The summed E-state index contributed by atoms with van der Waals surface area (Å²) >= 11 is 3.32. The van der Waals surface area contributed by atoms with Crippen LogP contribution in [-0.2, 0) is 19.5 Å². The Balaban J connectivity index is 1.94. The topological polar surface area (TPSA) is 45.2 Å². The first kappa shape index (κ1) is 14.0. The molecule has 0 aliphatic rings. The second kappa shape index (κ2) is 6.68. The highest BCUT2D eigenvalue weighted by Crippen LogP contribution is 2.24. The van der Waals surface area contributed by atoms with Gasteiger partial charge in [-0.05, 0) is 51.7 Å². The molecule has 2 aromatic rings. The third kappa shape index (κ3) is 3.78. The molecule has 0 bridgehead atoms. The van der Waals surface area contributed by atoms with Crippen molar-refractivity contribution in [1.29, 1.82) is 0 Å². The number of nitrogens with one attached hydrogen (secondary N) is 1. The predicted molar refractivity (Wildman–Crippen MR) is 80.0 cm³/mol. The van der Waals surface area contributed by atoms with E-state index in [2.05, 4.69) is 39.2 Å². The normalized spacial score (nSPS) is 10.6. The lowest BCUT2D eigenvalue weighted by molar-refractivity contribution is 0.471. The Labute approximate surface area is 121 Å². The van der Waals surface area contributed by atoms with E-state index in [-0.39, 0.29) is 5.75 Å². The van der Waals surface area contributed by atoms with Gasteiger partial charge in [0, 0.05) is 19.3 Å². The molecule has 2 rings (SSSR count). The Hall–Kier alpha value is -1.39. The summed E-state index contributed by atoms with van der Waals surface area (Å²) in [4.78, 5) is 4.40. The summed E-state index contributed by atoms with van der Waals surface area (Å²) in [5.74, 6) is 0.266. The standard InChI is InChI=1S/C15H17BrN2O/c1-2-12-4-3-7-18-14(12)10-17-9-11-5-6-15(19)13(16)8-11/h3-8,17,19H,2,9-10H2,1H3. The van der Waals surface area contributed by atoms with Gasteiger partial charge in [0.2, 0.25) is 0 Å². The monoisotopic (exact) mass is 320 g/mol. The second-order valence-electron chi connectivity index (χ2n) is 4.35. The first-order valence-corrected chi connectivity index (χ1v) is 7.11. The van der Waals surface area contributed by atoms with E-state index < -0.39 is 0 Å². The summed E-state index contributed by atoms with van der Waals surface area (Å²) in [5.41, 5.74) is 3.50. The maximum Gasteiger partial charge on any atom is 0.129 e. The molecule has 4 heteroatoms. The van der Waals surface area contributed by atoms with Gasteiger partial charge in [0.1, 0.15) is 5.75 Å². The molecule has 0 spiro atoms. The number of pyridine rings is 1. The van der Waals surface area contributed by atoms with E-state index in [9.17, 15) is 5.11 Å². The van der Waals surface area contributed by atoms with Crippen molar-refractivity contribution in [1.82, 2.24) is 10.3 Å². The maximum absolute atomic E-state index is 9.44. The SMILES string of the molecule is CCc1cccnc1CNCc1ccc(O)c(Br)c1. The number of nitrogens with zero attached hydrogens (tertiary/aromatic N) is 1. The first-order chi connectivity index (χ1) is 9.20. The van der Waals surface area contributed by atoms with Gasteiger partial charge in [-0.3, -0.25) is 4.98 Å². The van der Waals surface area contributed by atoms with Gasteiger partial charge < -0.3 is 10.4 Å². The molecule has 2 N–H and O–H groups in total. The fraction of sp³-hybridized carbons (Fsp3) is 0.267. The van der Waals surface area contributed by atoms with E-state index in [0.717, 1.165) is 35.2 Å². The van der Waals surface area contributed by atoms with Gasteiger partial charge in [-0.15, -0.1) is 0 Å². The summed E-state index contributed by atoms with van der Waals surface area (Å²) < 4.78 is 0.721. The van der Waals surface area contributed by atoms with Crippen molar-refractivity contribution in [3.8, 4) is 5.75 Å². The van der Waals surface area contributed by atoms with Crippen LogP contribution >= 0.6 is 15.9 Å². The largest absolute Gasteiger partial charge is 0.507 e. The van der Waals surface area contributed by atoms with Gasteiger partial charge in [0.25, 0.3) is 0 Å². The van der Waals surface area contributed by atoms with Crippen molar-refractivity contribution >= 4 is 15.9 Å². The molecule has 100 valence electrons. The number of aromatic nitrogens is 1. The Morgan fingerprint density at radius 1 is 1.26 bits per heavy atom. The Kier molecular flexibility index (Phi) is 4.93. The lowest BCUT2D eigenvalue weighted by Gasteiger charge is -2.08. The van der Waals surface area contributed by atoms with Gasteiger partial charge in [0.05, 0.1) is 10.2 Å². The quantitative estimate of drug-likeness (QED) is 0.887. The molecule has 0 amide bonds. The number of rotatable bonds is 5. The van der Waals surface area contributed by atoms with Crippen LogP contribution in [0.1, 0.15) is 23.7 Å². The number of benzene rings is 1. The van der Waals surface area contributed by atoms with Crippen molar-refractivity contribution in [2.45, 2.75) is 26.4 Å². The summed E-state index contributed by atoms with van der Waals surface area (Å²) in [5, 5.41) is 12.8. The number of halogens is 1. The van der Waals surface area contributed by atoms with Crippen LogP contribution in [0.25, 0.3) is 0 Å². The predicted octanol–water partition coefficient (Wildman–Crippen LogP) is 3.40. The van der Waals surface area contributed by atoms with E-state index >= 15 is 0 Å². The third-order valence-electron chi connectivity index (χ3n) is 3.00. The fourth-order valence-electron chi connectivity index (χ4n) is 1.94. The number of phenols is 1. The average molecular weight is 321 g/mol. The van der Waals surface area contributed by atoms with Gasteiger partial charge in [-0.25, -0.2) is 0 Å². The summed E-state index contributed by atoms with van der Waals surface area (Å²) in [6.07, 6.45) is 2.82. The molecule has 0 atom stereocenters. The van der Waals surface area contributed by atoms with Crippen molar-refractivity contribution in [2.75, 3.05) is 0 Å². The molecule has 1 heterocycles. The van der Waals surface area contributed by atoms with Crippen LogP contribution in [0.3, 0.4) is 0 Å². The van der Waals surface area contributed by atoms with Gasteiger partial charge in [0.15, 0.2) is 0 Å². The number of hydrogen-bond acceptors (Lipinski definition) is 3. The van der Waals surface area contributed by atoms with E-state index in [1.54, 1.807) is 6.07 Å². The fourth-order valence-corrected chi connectivity index (χ4v) is 2.36. The highest BCUT2D eigenvalue weighted by Gasteiger charge is 2.02. The molecule has 0 aliphatic heterocycles. The molecule has 0 fully saturated rings. The number of phenolic OH excluding ortho intramolecular Hbond substituents is 1. The zero-order chi connectivity index (χ0) is 13.7. The van der Waals surface area contributed by atoms with Crippen LogP contribution in [0, 0.1) is 0 Å². The summed E-state index contributed by atoms with van der Waals surface area (Å²) in [7, 11) is 0. The molecule has 0 aliphatic carbocycles. The van der Waals surface area contributed by atoms with Crippen LogP contribution in [0.5, 0.6) is 5.75 Å². The van der Waals surface area contributed by atoms with Crippen molar-refractivity contribution in [3.63, 3.8) is 0 Å². The van der Waals surface area contributed by atoms with Crippen molar-refractivity contribution in [2.24, 2.45) is 0 Å². The number of aromatic hydroxyl groups is 1. The van der Waals surface area contributed by atoms with Crippen LogP contribution in [0.2, 0.25) is 0 Å². The number of hydrogen-bond donors (Lipinski definition) is 2. The lowest BCUT2D eigenvalue weighted by Crippen LogP contribution is -2.15. The van der Waals surface area contributed by atoms with Gasteiger partial charge in [-0.1, -0.05) is 19.1 Å². The zero-order valence-corrected chi connectivity index (χ0v) is 12.4. The van der Waals surface area contributed by atoms with E-state index in [1.165, 1.54) is 5.56 Å². The minimum Gasteiger partial charge on any atom is -0.507 e. The summed E-state index contributed by atoms with van der Waals surface area (Å²) in [6, 6.07) is 9.60. The van der Waals surface area contributed by atoms with Crippen LogP contribution in [-0.4, -0.2) is 10.1 Å². The summed E-state index contributed by atoms with van der Waals surface area (Å²) in [6.45, 7) is 3.64. The molecular formula is C15H17BrN2O. The van der Waals surface area contributed by atoms with Crippen LogP contribution in [0.15, 0.2) is 41.0 Å². The molecule has 3 nitrogen and oxygen atoms in total. The molecular weight excluding hydrogens is 304 g/mol. The van der Waals surface area contributed by atoms with Crippen molar-refractivity contribution < 1.29 is 5.11 Å². The molecule has 0 saturated carbocycles. The highest BCUT2D eigenvalue weighted by atomic mass is 79.9. The molecule has 0 radical (unpaired) electrons. The smallest absolute Gasteiger partial charge is 0.129 e. The highest BCUT2D eigenvalue weighted by molar-refractivity contribution is 9.10. The Morgan fingerprint density at radius 3 is 2.84 bits per heavy atom. The Bertz CT molecular complexity index is 558. The minimum absolute atomic E-state index is 0.266. The molecule has 0 unspecified atom stereocenters. The lowest BCUT2D eigenvalue weighted by atomic mass is 10.1. The Morgan fingerprint density at radius 2 is 2.11 bits per heavy atom. The molecule has 1 aromatic carbocycles. The first-order valence-electron chi connectivity index (χ1n) is 6.31. The van der Waals surface area contributed by atoms with Crippen molar-refractivity contribution in [3.05, 3.63) is 57.8 Å². The van der Waals surface area contributed by atoms with E-state index in [0.29, 0.717) is 0 Å². The van der Waals surface area contributed by atoms with Crippen LogP contribution < -0.4 is 5.32 Å². The van der Waals surface area contributed by atoms with E-state index in [4.69, 9.17) is 0 Å². The minimum atomic E-state index is 0.266. The number of aryl methyl sites for hydroxylation is 1. The van der Waals surface area contributed by atoms with Gasteiger partial charge in [-0.2, -0.15) is 0 Å². The maximum atomic E-state index is 9.44. The van der Waals surface area contributed by atoms with Crippen LogP contribution in [0.4, 0.5) is 0 Å². The second-order valence-corrected chi connectivity index (χ2v) is 5.21. The zero-order valence-electron chi connectivity index (χ0n) is 10.9. The third-order valence-corrected chi connectivity index (χ3v) is 3.63. The molecule has 19 heavy (non-hydrogen) atoms. The van der Waals surface area contributed by atoms with E-state index in [1.807, 2.05) is 24.4 Å². The average Bonchev–Trinajstić information content (AvgIpc) is 2.43. The molecule has 1 aromatic heterocycles.